The molecule has 0 bridgehead atoms. The largest absolute Gasteiger partial charge is 0.306 e. The second kappa shape index (κ2) is 8.52. The van der Waals surface area contributed by atoms with Crippen LogP contribution in [-0.4, -0.2) is 34.0 Å². The Balaban J connectivity index is 1.58. The molecule has 1 aliphatic rings. The van der Waals surface area contributed by atoms with Gasteiger partial charge in [-0.2, -0.15) is 0 Å². The second-order valence-corrected chi connectivity index (χ2v) is 7.20. The molecule has 0 atom stereocenters. The van der Waals surface area contributed by atoms with E-state index in [9.17, 15) is 4.79 Å². The number of hydrogen-bond acceptors (Lipinski definition) is 5. The third-order valence-electron chi connectivity index (χ3n) is 4.80. The lowest BCUT2D eigenvalue weighted by Crippen LogP contribution is -2.33. The van der Waals surface area contributed by atoms with Crippen LogP contribution in [0, 0.1) is 0 Å². The van der Waals surface area contributed by atoms with Crippen molar-refractivity contribution in [1.29, 1.82) is 0 Å². The molecular formula is C20H21ClN6O. The Morgan fingerprint density at radius 2 is 1.96 bits per heavy atom. The first-order chi connectivity index (χ1) is 13.7. The fourth-order valence-corrected chi connectivity index (χ4v) is 3.52. The average Bonchev–Trinajstić information content (AvgIpc) is 3.40. The smallest absolute Gasteiger partial charge is 0.249 e. The topological polar surface area (TPSA) is 75.1 Å². The van der Waals surface area contributed by atoms with Crippen molar-refractivity contribution in [3.63, 3.8) is 0 Å². The molecule has 1 saturated heterocycles. The zero-order valence-electron chi connectivity index (χ0n) is 15.3. The first-order valence-electron chi connectivity index (χ1n) is 9.13. The number of nitrogens with zero attached hydrogens (tertiary/aromatic N) is 4. The number of hydrazine groups is 1. The molecule has 28 heavy (non-hydrogen) atoms. The molecule has 2 heterocycles. The van der Waals surface area contributed by atoms with Crippen LogP contribution in [0.3, 0.4) is 0 Å². The van der Waals surface area contributed by atoms with Gasteiger partial charge in [0, 0.05) is 35.9 Å². The number of benzene rings is 2. The summed E-state index contributed by atoms with van der Waals surface area (Å²) in [6, 6.07) is 15.7. The molecule has 0 aliphatic carbocycles. The molecule has 0 saturated carbocycles. The van der Waals surface area contributed by atoms with Crippen molar-refractivity contribution in [1.82, 2.24) is 25.8 Å². The van der Waals surface area contributed by atoms with Crippen molar-refractivity contribution >= 4 is 23.2 Å². The number of halogens is 1. The summed E-state index contributed by atoms with van der Waals surface area (Å²) < 4.78 is 1.53. The lowest BCUT2D eigenvalue weighted by molar-refractivity contribution is -0.119. The highest BCUT2D eigenvalue weighted by Crippen LogP contribution is 2.24. The Labute approximate surface area is 168 Å². The van der Waals surface area contributed by atoms with Crippen LogP contribution in [0.15, 0.2) is 60.9 Å². The van der Waals surface area contributed by atoms with Crippen LogP contribution in [0.25, 0.3) is 0 Å². The lowest BCUT2D eigenvalue weighted by Gasteiger charge is -2.24. The number of nitrogens with one attached hydrogen (secondary N) is 2. The summed E-state index contributed by atoms with van der Waals surface area (Å²) in [4.78, 5) is 14.8. The highest BCUT2D eigenvalue weighted by molar-refractivity contribution is 6.30. The van der Waals surface area contributed by atoms with Gasteiger partial charge < -0.3 is 4.90 Å². The summed E-state index contributed by atoms with van der Waals surface area (Å²) in [6.45, 7) is 2.35. The predicted octanol–water partition coefficient (Wildman–Crippen LogP) is 2.36. The van der Waals surface area contributed by atoms with Gasteiger partial charge in [0.1, 0.15) is 6.54 Å². The summed E-state index contributed by atoms with van der Waals surface area (Å²) in [5, 5.41) is 8.33. The van der Waals surface area contributed by atoms with Gasteiger partial charge in [0.15, 0.2) is 0 Å². The Morgan fingerprint density at radius 3 is 2.64 bits per heavy atom. The van der Waals surface area contributed by atoms with E-state index in [-0.39, 0.29) is 12.5 Å². The minimum Gasteiger partial charge on any atom is -0.306 e. The van der Waals surface area contributed by atoms with Gasteiger partial charge in [0.2, 0.25) is 5.91 Å². The second-order valence-electron chi connectivity index (χ2n) is 6.76. The van der Waals surface area contributed by atoms with Crippen molar-refractivity contribution in [3.8, 4) is 0 Å². The fourth-order valence-electron chi connectivity index (χ4n) is 3.31. The third-order valence-corrected chi connectivity index (χ3v) is 5.03. The number of hydrogen-bond donors (Lipinski definition) is 2. The predicted molar refractivity (Wildman–Crippen MR) is 108 cm³/mol. The van der Waals surface area contributed by atoms with E-state index in [2.05, 4.69) is 33.3 Å². The van der Waals surface area contributed by atoms with Crippen LogP contribution in [0.2, 0.25) is 5.02 Å². The summed E-state index contributed by atoms with van der Waals surface area (Å²) in [5.41, 5.74) is 9.34. The Morgan fingerprint density at radius 1 is 1.18 bits per heavy atom. The number of aromatic nitrogens is 3. The van der Waals surface area contributed by atoms with E-state index in [1.165, 1.54) is 10.2 Å². The zero-order valence-corrected chi connectivity index (χ0v) is 16.0. The number of carbonyl (C=O) groups excluding carboxylic acids is 1. The standard InChI is InChI=1S/C20H21ClN6O/c21-18-3-1-2-15(10-18)13-27(20(28)14-26-9-8-22-25-26)19-6-4-16(5-7-19)17-11-23-24-12-17/h1-10,17,23-24H,11-14H2. The molecule has 2 aromatic carbocycles. The third kappa shape index (κ3) is 4.39. The van der Waals surface area contributed by atoms with Crippen molar-refractivity contribution < 1.29 is 4.79 Å². The molecule has 4 rings (SSSR count). The number of amides is 1. The van der Waals surface area contributed by atoms with Crippen molar-refractivity contribution in [3.05, 3.63) is 77.1 Å². The molecule has 2 N–H and O–H groups in total. The van der Waals surface area contributed by atoms with Gasteiger partial charge in [0.05, 0.1) is 12.7 Å². The summed E-state index contributed by atoms with van der Waals surface area (Å²) >= 11 is 6.12. The molecule has 3 aromatic rings. The molecular weight excluding hydrogens is 376 g/mol. The Hall–Kier alpha value is -2.74. The lowest BCUT2D eigenvalue weighted by atomic mass is 10.00. The number of carbonyl (C=O) groups is 1. The van der Waals surface area contributed by atoms with Gasteiger partial charge in [-0.15, -0.1) is 5.10 Å². The first-order valence-corrected chi connectivity index (χ1v) is 9.51. The first kappa shape index (κ1) is 18.6. The van der Waals surface area contributed by atoms with Crippen LogP contribution in [0.5, 0.6) is 0 Å². The van der Waals surface area contributed by atoms with E-state index in [0.717, 1.165) is 24.3 Å². The van der Waals surface area contributed by atoms with Crippen LogP contribution < -0.4 is 15.8 Å². The molecule has 1 aliphatic heterocycles. The highest BCUT2D eigenvalue weighted by atomic mass is 35.5. The molecule has 0 spiro atoms. The molecule has 8 heteroatoms. The van der Waals surface area contributed by atoms with Crippen molar-refractivity contribution in [2.45, 2.75) is 19.0 Å². The summed E-state index contributed by atoms with van der Waals surface area (Å²) in [7, 11) is 0. The van der Waals surface area contributed by atoms with Crippen LogP contribution in [0.1, 0.15) is 17.0 Å². The Bertz CT molecular complexity index is 922. The van der Waals surface area contributed by atoms with E-state index in [4.69, 9.17) is 11.6 Å². The molecule has 144 valence electrons. The quantitative estimate of drug-likeness (QED) is 0.669. The van der Waals surface area contributed by atoms with Crippen LogP contribution in [-0.2, 0) is 17.9 Å². The van der Waals surface area contributed by atoms with Crippen LogP contribution in [0.4, 0.5) is 5.69 Å². The minimum absolute atomic E-state index is 0.0672. The summed E-state index contributed by atoms with van der Waals surface area (Å²) in [5.74, 6) is 0.365. The maximum atomic E-state index is 13.0. The Kier molecular flexibility index (Phi) is 5.66. The highest BCUT2D eigenvalue weighted by Gasteiger charge is 2.20. The molecule has 1 amide bonds. The number of anilines is 1. The van der Waals surface area contributed by atoms with Crippen molar-refractivity contribution in [2.75, 3.05) is 18.0 Å². The maximum Gasteiger partial charge on any atom is 0.249 e. The molecule has 1 aromatic heterocycles. The molecule has 0 unspecified atom stereocenters. The fraction of sp³-hybridized carbons (Fsp3) is 0.250. The van der Waals surface area contributed by atoms with Gasteiger partial charge in [-0.05, 0) is 35.4 Å². The summed E-state index contributed by atoms with van der Waals surface area (Å²) in [6.07, 6.45) is 3.24. The maximum absolute atomic E-state index is 13.0. The van der Waals surface area contributed by atoms with E-state index in [1.54, 1.807) is 17.3 Å². The van der Waals surface area contributed by atoms with Gasteiger partial charge in [-0.1, -0.05) is 41.1 Å². The van der Waals surface area contributed by atoms with Gasteiger partial charge in [-0.25, -0.2) is 4.68 Å². The SMILES string of the molecule is O=C(Cn1ccnn1)N(Cc1cccc(Cl)c1)c1ccc(C2CNNC2)cc1. The molecule has 1 fully saturated rings. The van der Waals surface area contributed by atoms with Crippen molar-refractivity contribution in [2.24, 2.45) is 0 Å². The zero-order chi connectivity index (χ0) is 19.3. The van der Waals surface area contributed by atoms with Gasteiger partial charge in [-0.3, -0.25) is 15.6 Å². The number of rotatable bonds is 6. The van der Waals surface area contributed by atoms with E-state index < -0.39 is 0 Å². The van der Waals surface area contributed by atoms with E-state index in [1.807, 2.05) is 36.4 Å². The molecule has 7 nitrogen and oxygen atoms in total. The monoisotopic (exact) mass is 396 g/mol. The molecule has 0 radical (unpaired) electrons. The average molecular weight is 397 g/mol. The van der Waals surface area contributed by atoms with E-state index in [0.29, 0.717) is 17.5 Å². The minimum atomic E-state index is -0.0672. The van der Waals surface area contributed by atoms with E-state index >= 15 is 0 Å². The van der Waals surface area contributed by atoms with Gasteiger partial charge in [0.25, 0.3) is 0 Å². The van der Waals surface area contributed by atoms with Crippen LogP contribution >= 0.6 is 11.6 Å². The van der Waals surface area contributed by atoms with Gasteiger partial charge >= 0.3 is 0 Å². The normalized spacial score (nSPS) is 14.3.